The van der Waals surface area contributed by atoms with Gasteiger partial charge in [-0.3, -0.25) is 9.36 Å². The highest BCUT2D eigenvalue weighted by Gasteiger charge is 2.18. The summed E-state index contributed by atoms with van der Waals surface area (Å²) in [5.41, 5.74) is 1.92. The summed E-state index contributed by atoms with van der Waals surface area (Å²) in [5, 5.41) is 1.68. The SMILES string of the molecule is COc1cc(Cl)c(C)cc1-n1c(SCCSc2ccc(F)cc2)nc2ccccc2c1=O. The van der Waals surface area contributed by atoms with Crippen molar-refractivity contribution in [2.45, 2.75) is 17.0 Å². The quantitative estimate of drug-likeness (QED) is 0.172. The van der Waals surface area contributed by atoms with Crippen molar-refractivity contribution >= 4 is 46.0 Å². The number of para-hydroxylation sites is 1. The Bertz CT molecular complexity index is 1330. The second-order valence-electron chi connectivity index (χ2n) is 6.98. The summed E-state index contributed by atoms with van der Waals surface area (Å²) < 4.78 is 20.2. The number of methoxy groups -OCH3 is 1. The normalized spacial score (nSPS) is 11.1. The van der Waals surface area contributed by atoms with Crippen molar-refractivity contribution in [1.29, 1.82) is 0 Å². The Kier molecular flexibility index (Phi) is 7.08. The van der Waals surface area contributed by atoms with Crippen LogP contribution in [0, 0.1) is 12.7 Å². The first-order valence-corrected chi connectivity index (χ1v) is 12.2. The van der Waals surface area contributed by atoms with Crippen LogP contribution in [0.15, 0.2) is 75.5 Å². The van der Waals surface area contributed by atoms with Crippen LogP contribution >= 0.6 is 35.1 Å². The molecule has 0 saturated heterocycles. The Morgan fingerprint density at radius 3 is 2.53 bits per heavy atom. The van der Waals surface area contributed by atoms with Crippen LogP contribution < -0.4 is 10.3 Å². The smallest absolute Gasteiger partial charge is 0.266 e. The van der Waals surface area contributed by atoms with E-state index in [2.05, 4.69) is 0 Å². The van der Waals surface area contributed by atoms with Gasteiger partial charge in [0.25, 0.3) is 5.56 Å². The van der Waals surface area contributed by atoms with Gasteiger partial charge in [0, 0.05) is 27.5 Å². The molecule has 0 saturated carbocycles. The molecule has 0 N–H and O–H groups in total. The van der Waals surface area contributed by atoms with Crippen LogP contribution in [0.1, 0.15) is 5.56 Å². The summed E-state index contributed by atoms with van der Waals surface area (Å²) in [6, 6.07) is 17.3. The number of hydrogen-bond acceptors (Lipinski definition) is 5. The number of aromatic nitrogens is 2. The molecule has 8 heteroatoms. The van der Waals surface area contributed by atoms with Crippen LogP contribution in [0.3, 0.4) is 0 Å². The molecule has 0 unspecified atom stereocenters. The molecular weight excluding hydrogens is 467 g/mol. The molecule has 0 aliphatic carbocycles. The maximum Gasteiger partial charge on any atom is 0.266 e. The van der Waals surface area contributed by atoms with Crippen LogP contribution in [-0.2, 0) is 0 Å². The number of benzene rings is 3. The fraction of sp³-hybridized carbons (Fsp3) is 0.167. The summed E-state index contributed by atoms with van der Waals surface area (Å²) in [4.78, 5) is 19.2. The van der Waals surface area contributed by atoms with Gasteiger partial charge in [0.2, 0.25) is 0 Å². The van der Waals surface area contributed by atoms with E-state index in [-0.39, 0.29) is 11.4 Å². The fourth-order valence-corrected chi connectivity index (χ4v) is 5.27. The van der Waals surface area contributed by atoms with Crippen molar-refractivity contribution in [1.82, 2.24) is 9.55 Å². The van der Waals surface area contributed by atoms with Gasteiger partial charge >= 0.3 is 0 Å². The number of fused-ring (bicyclic) bond motifs is 1. The molecule has 1 heterocycles. The molecule has 0 aliphatic rings. The van der Waals surface area contributed by atoms with Crippen molar-refractivity contribution in [3.8, 4) is 11.4 Å². The average molecular weight is 487 g/mol. The zero-order valence-corrected chi connectivity index (χ0v) is 19.9. The Labute approximate surface area is 198 Å². The summed E-state index contributed by atoms with van der Waals surface area (Å²) in [7, 11) is 1.55. The van der Waals surface area contributed by atoms with Gasteiger partial charge in [-0.15, -0.1) is 11.8 Å². The highest BCUT2D eigenvalue weighted by molar-refractivity contribution is 8.02. The van der Waals surface area contributed by atoms with Crippen molar-refractivity contribution in [2.24, 2.45) is 0 Å². The van der Waals surface area contributed by atoms with E-state index >= 15 is 0 Å². The zero-order chi connectivity index (χ0) is 22.7. The van der Waals surface area contributed by atoms with E-state index < -0.39 is 0 Å². The van der Waals surface area contributed by atoms with Crippen LogP contribution in [-0.4, -0.2) is 28.2 Å². The Morgan fingerprint density at radius 2 is 1.78 bits per heavy atom. The lowest BCUT2D eigenvalue weighted by Crippen LogP contribution is -2.22. The van der Waals surface area contributed by atoms with Crippen LogP contribution in [0.25, 0.3) is 16.6 Å². The Balaban J connectivity index is 1.71. The number of hydrogen-bond donors (Lipinski definition) is 0. The summed E-state index contributed by atoms with van der Waals surface area (Å²) in [6.07, 6.45) is 0. The molecule has 0 atom stereocenters. The third kappa shape index (κ3) is 4.80. The minimum Gasteiger partial charge on any atom is -0.495 e. The van der Waals surface area contributed by atoms with E-state index in [1.807, 2.05) is 31.2 Å². The van der Waals surface area contributed by atoms with Gasteiger partial charge in [-0.05, 0) is 55.0 Å². The van der Waals surface area contributed by atoms with E-state index in [9.17, 15) is 9.18 Å². The Morgan fingerprint density at radius 1 is 1.06 bits per heavy atom. The number of aryl methyl sites for hydroxylation is 1. The number of rotatable bonds is 7. The topological polar surface area (TPSA) is 44.1 Å². The first kappa shape index (κ1) is 22.7. The molecule has 3 aromatic carbocycles. The van der Waals surface area contributed by atoms with Crippen LogP contribution in [0.5, 0.6) is 5.75 Å². The van der Waals surface area contributed by atoms with Gasteiger partial charge in [0.05, 0.1) is 23.7 Å². The molecule has 0 fully saturated rings. The van der Waals surface area contributed by atoms with E-state index in [0.717, 1.165) is 16.2 Å². The third-order valence-corrected chi connectivity index (χ3v) is 7.46. The number of nitrogens with zero attached hydrogens (tertiary/aromatic N) is 2. The van der Waals surface area contributed by atoms with Gasteiger partial charge < -0.3 is 4.74 Å². The highest BCUT2D eigenvalue weighted by atomic mass is 35.5. The van der Waals surface area contributed by atoms with Gasteiger partial charge in [0.15, 0.2) is 5.16 Å². The van der Waals surface area contributed by atoms with Crippen molar-refractivity contribution in [3.63, 3.8) is 0 Å². The predicted octanol–water partition coefficient (Wildman–Crippen LogP) is 6.38. The number of halogens is 2. The van der Waals surface area contributed by atoms with Gasteiger partial charge in [-0.1, -0.05) is 35.5 Å². The van der Waals surface area contributed by atoms with Crippen molar-refractivity contribution in [3.05, 3.63) is 87.4 Å². The van der Waals surface area contributed by atoms with Crippen LogP contribution in [0.2, 0.25) is 5.02 Å². The monoisotopic (exact) mass is 486 g/mol. The van der Waals surface area contributed by atoms with E-state index in [4.69, 9.17) is 21.3 Å². The summed E-state index contributed by atoms with van der Waals surface area (Å²) in [6.45, 7) is 1.89. The molecule has 4 nitrogen and oxygen atoms in total. The van der Waals surface area contributed by atoms with E-state index in [1.54, 1.807) is 47.7 Å². The van der Waals surface area contributed by atoms with Gasteiger partial charge in [0.1, 0.15) is 11.6 Å². The third-order valence-electron chi connectivity index (χ3n) is 4.84. The molecule has 0 bridgehead atoms. The number of thioether (sulfide) groups is 2. The van der Waals surface area contributed by atoms with Crippen molar-refractivity contribution in [2.75, 3.05) is 18.6 Å². The second kappa shape index (κ2) is 9.98. The molecule has 0 spiro atoms. The molecule has 4 aromatic rings. The number of ether oxygens (including phenoxy) is 1. The first-order chi connectivity index (χ1) is 15.5. The van der Waals surface area contributed by atoms with Gasteiger partial charge in [-0.25, -0.2) is 9.37 Å². The predicted molar refractivity (Wildman–Crippen MR) is 131 cm³/mol. The molecule has 164 valence electrons. The van der Waals surface area contributed by atoms with E-state index in [0.29, 0.717) is 38.3 Å². The first-order valence-electron chi connectivity index (χ1n) is 9.85. The standard InChI is InChI=1S/C24H20ClFN2O2S2/c1-15-13-21(22(30-2)14-19(15)25)28-23(29)18-5-3-4-6-20(18)27-24(28)32-12-11-31-17-9-7-16(26)8-10-17/h3-10,13-14H,11-12H2,1-2H3. The fourth-order valence-electron chi connectivity index (χ4n) is 3.23. The Hall–Kier alpha value is -2.48. The molecule has 32 heavy (non-hydrogen) atoms. The van der Waals surface area contributed by atoms with Gasteiger partial charge in [-0.2, -0.15) is 0 Å². The second-order valence-corrected chi connectivity index (χ2v) is 9.61. The maximum absolute atomic E-state index is 13.5. The maximum atomic E-state index is 13.5. The molecule has 0 amide bonds. The lowest BCUT2D eigenvalue weighted by Gasteiger charge is -2.17. The summed E-state index contributed by atoms with van der Waals surface area (Å²) in [5.74, 6) is 1.74. The average Bonchev–Trinajstić information content (AvgIpc) is 2.80. The van der Waals surface area contributed by atoms with Crippen molar-refractivity contribution < 1.29 is 9.13 Å². The molecule has 4 rings (SSSR count). The lowest BCUT2D eigenvalue weighted by atomic mass is 10.2. The minimum atomic E-state index is -0.250. The summed E-state index contributed by atoms with van der Waals surface area (Å²) >= 11 is 9.40. The highest BCUT2D eigenvalue weighted by Crippen LogP contribution is 2.32. The van der Waals surface area contributed by atoms with Crippen LogP contribution in [0.4, 0.5) is 4.39 Å². The minimum absolute atomic E-state index is 0.163. The molecular formula is C24H20ClFN2O2S2. The largest absolute Gasteiger partial charge is 0.495 e. The lowest BCUT2D eigenvalue weighted by molar-refractivity contribution is 0.411. The zero-order valence-electron chi connectivity index (χ0n) is 17.5. The molecule has 1 aromatic heterocycles. The van der Waals surface area contributed by atoms with E-state index in [1.165, 1.54) is 23.9 Å². The molecule has 0 aliphatic heterocycles. The molecule has 0 radical (unpaired) electrons.